The van der Waals surface area contributed by atoms with E-state index in [1.165, 1.54) is 152 Å². The highest BCUT2D eigenvalue weighted by Gasteiger charge is 2.54. The second kappa shape index (κ2) is 31.5. The molecule has 2 heterocycles. The van der Waals surface area contributed by atoms with Gasteiger partial charge in [0.15, 0.2) is 46.0 Å². The smallest absolute Gasteiger partial charge is 0.346 e. The van der Waals surface area contributed by atoms with E-state index >= 15 is 0 Å². The predicted octanol–water partition coefficient (Wildman–Crippen LogP) is 16.0. The average Bonchev–Trinajstić information content (AvgIpc) is 1.55. The quantitative estimate of drug-likeness (QED) is 0.0517. The molecule has 0 bridgehead atoms. The molecule has 4 aliphatic rings. The van der Waals surface area contributed by atoms with E-state index in [0.717, 1.165) is 72.3 Å². The Labute approximate surface area is 651 Å². The topological polar surface area (TPSA) is 269 Å². The normalized spacial score (nSPS) is 16.2. The first-order valence-corrected chi connectivity index (χ1v) is 35.2. The zero-order valence-electron chi connectivity index (χ0n) is 60.0. The van der Waals surface area contributed by atoms with Crippen LogP contribution >= 0.6 is 0 Å². The van der Waals surface area contributed by atoms with Crippen LogP contribution in [0.3, 0.4) is 0 Å². The van der Waals surface area contributed by atoms with Gasteiger partial charge < -0.3 is 57.6 Å². The highest BCUT2D eigenvalue weighted by molar-refractivity contribution is 5.98. The molecule has 27 heteroatoms. The van der Waals surface area contributed by atoms with Crippen LogP contribution in [0.15, 0.2) is 243 Å². The van der Waals surface area contributed by atoms with Gasteiger partial charge in [-0.1, -0.05) is 78.4 Å². The van der Waals surface area contributed by atoms with E-state index in [9.17, 15) is 79.3 Å². The van der Waals surface area contributed by atoms with Gasteiger partial charge in [0.1, 0.15) is 65.1 Å². The summed E-state index contributed by atoms with van der Waals surface area (Å²) < 4.78 is 157. The summed E-state index contributed by atoms with van der Waals surface area (Å²) in [6, 6.07) is 51.1. The lowest BCUT2D eigenvalue weighted by atomic mass is 9.80. The molecule has 0 aromatic heterocycles. The van der Waals surface area contributed by atoms with Crippen molar-refractivity contribution in [1.29, 1.82) is 0 Å². The van der Waals surface area contributed by atoms with Crippen LogP contribution in [0.4, 0.5) is 30.7 Å². The first kappa shape index (κ1) is 76.8. The Balaban J connectivity index is 0.000000182. The van der Waals surface area contributed by atoms with Gasteiger partial charge in [-0.05, 0) is 199 Å². The van der Waals surface area contributed by atoms with Crippen LogP contribution in [-0.4, -0.2) is 82.4 Å². The van der Waals surface area contributed by atoms with Gasteiger partial charge >= 0.3 is 47.8 Å². The molecule has 0 saturated carbocycles. The Morgan fingerprint density at radius 1 is 0.310 bits per heavy atom. The van der Waals surface area contributed by atoms with E-state index in [1.807, 2.05) is 6.92 Å². The Bertz CT molecular complexity index is 6020. The van der Waals surface area contributed by atoms with Crippen LogP contribution < -0.4 is 47.4 Å². The van der Waals surface area contributed by atoms with Crippen molar-refractivity contribution in [2.45, 2.75) is 42.8 Å². The van der Waals surface area contributed by atoms with E-state index in [0.29, 0.717) is 16.7 Å². The minimum absolute atomic E-state index is 0.000882. The zero-order chi connectivity index (χ0) is 81.4. The SMILES string of the molecule is Cc1ccc(C(=O)Oc2cc3c(cc2OC(=O)c2ccc(F)cc2)[C@@H]2c4ccc(OC(=O)c5ccc(F)cc5)c(OC(=O)c5ccc(F)cc5)c4OC[C@]2(O)C3)cc1.O=C(Oc1cc2c(cc1OC(=O)c1ccccc1F)[C@@H]1c3ccc(OC(=O)c4ccccc4F)c(OC(=O)c4ccccc4F)c3OC[C@]1(O)C2)c1ccccc1F. The van der Waals surface area contributed by atoms with Gasteiger partial charge in [-0.15, -0.1) is 0 Å². The van der Waals surface area contributed by atoms with Gasteiger partial charge in [-0.25, -0.2) is 69.1 Å². The number of halogens is 7. The fraction of sp³-hybridized carbons (Fsp3) is 0.101. The lowest BCUT2D eigenvalue weighted by Gasteiger charge is -2.37. The molecular formula is C89H55F7O20. The van der Waals surface area contributed by atoms with Crippen LogP contribution in [0.25, 0.3) is 0 Å². The van der Waals surface area contributed by atoms with Crippen molar-refractivity contribution >= 4 is 47.8 Å². The Morgan fingerprint density at radius 2 is 0.578 bits per heavy atom. The van der Waals surface area contributed by atoms with Gasteiger partial charge in [0.05, 0.1) is 44.5 Å². The second-order valence-electron chi connectivity index (χ2n) is 27.0. The number of fused-ring (bicyclic) bond motifs is 10. The molecule has 0 unspecified atom stereocenters. The minimum atomic E-state index is -1.76. The number of aliphatic hydroxyl groups is 2. The molecule has 0 amide bonds. The monoisotopic (exact) mass is 1580 g/mol. The van der Waals surface area contributed by atoms with Crippen LogP contribution in [0, 0.1) is 47.6 Å². The first-order chi connectivity index (χ1) is 55.8. The van der Waals surface area contributed by atoms with Crippen molar-refractivity contribution in [3.63, 3.8) is 0 Å². The summed E-state index contributed by atoms with van der Waals surface area (Å²) in [6.07, 6.45) is -0.174. The van der Waals surface area contributed by atoms with Crippen molar-refractivity contribution in [2.75, 3.05) is 13.2 Å². The van der Waals surface area contributed by atoms with E-state index in [4.69, 9.17) is 47.4 Å². The molecule has 0 spiro atoms. The van der Waals surface area contributed by atoms with Crippen LogP contribution in [0.1, 0.15) is 134 Å². The number of esters is 8. The second-order valence-corrected chi connectivity index (χ2v) is 27.0. The summed E-state index contributed by atoms with van der Waals surface area (Å²) >= 11 is 0. The van der Waals surface area contributed by atoms with Crippen molar-refractivity contribution < 1.29 is 127 Å². The van der Waals surface area contributed by atoms with Crippen LogP contribution in [0.2, 0.25) is 0 Å². The summed E-state index contributed by atoms with van der Waals surface area (Å²) in [7, 11) is 0. The molecule has 2 aliphatic carbocycles. The molecule has 116 heavy (non-hydrogen) atoms. The predicted molar refractivity (Wildman–Crippen MR) is 393 cm³/mol. The lowest BCUT2D eigenvalue weighted by molar-refractivity contribution is -0.0231. The first-order valence-electron chi connectivity index (χ1n) is 35.2. The van der Waals surface area contributed by atoms with Gasteiger partial charge in [0.25, 0.3) is 0 Å². The Kier molecular flexibility index (Phi) is 20.9. The summed E-state index contributed by atoms with van der Waals surface area (Å²) in [5.41, 5.74) is -2.17. The number of carbonyl (C=O) groups is 8. The highest BCUT2D eigenvalue weighted by Crippen LogP contribution is 2.59. The van der Waals surface area contributed by atoms with Crippen molar-refractivity contribution in [3.8, 4) is 57.5 Å². The third-order valence-electron chi connectivity index (χ3n) is 19.4. The Morgan fingerprint density at radius 3 is 0.914 bits per heavy atom. The molecule has 4 atom stereocenters. The third-order valence-corrected chi connectivity index (χ3v) is 19.4. The van der Waals surface area contributed by atoms with Crippen molar-refractivity contribution in [1.82, 2.24) is 0 Å². The minimum Gasteiger partial charge on any atom is -0.486 e. The molecule has 0 saturated heterocycles. The maximum Gasteiger partial charge on any atom is 0.346 e. The fourth-order valence-electron chi connectivity index (χ4n) is 13.8. The van der Waals surface area contributed by atoms with Crippen LogP contribution in [-0.2, 0) is 12.8 Å². The van der Waals surface area contributed by atoms with E-state index in [1.54, 1.807) is 24.3 Å². The molecule has 12 aromatic carbocycles. The number of rotatable bonds is 16. The number of ether oxygens (including phenoxy) is 10. The molecule has 0 radical (unpaired) electrons. The molecule has 12 aromatic rings. The van der Waals surface area contributed by atoms with E-state index < -0.39 is 158 Å². The van der Waals surface area contributed by atoms with Gasteiger partial charge in [-0.2, -0.15) is 0 Å². The molecule has 2 aliphatic heterocycles. The number of benzene rings is 12. The number of hydrogen-bond donors (Lipinski definition) is 2. The van der Waals surface area contributed by atoms with E-state index in [2.05, 4.69) is 0 Å². The van der Waals surface area contributed by atoms with Crippen LogP contribution in [0.5, 0.6) is 57.5 Å². The summed E-state index contributed by atoms with van der Waals surface area (Å²) in [4.78, 5) is 106. The molecule has 16 rings (SSSR count). The largest absolute Gasteiger partial charge is 0.486 e. The van der Waals surface area contributed by atoms with Gasteiger partial charge in [0.2, 0.25) is 11.5 Å². The molecular weight excluding hydrogens is 1520 g/mol. The summed E-state index contributed by atoms with van der Waals surface area (Å²) in [6.45, 7) is 0.997. The molecule has 2 N–H and O–H groups in total. The standard InChI is InChI=1S/C45H29F3O10.C44H26F4O10/c1-24-2-4-25(5-3-24)42(50)56-36-20-29-22-45(53)23-54-39-33(38(45)34(29)21-37(36)57-43(51)27-8-14-31(47)15-9-27)18-19-35(55-41(49)26-6-12-30(46)13-7-26)40(39)58-44(52)28-10-16-32(48)17-11-28;45-30-13-5-1-9-24(30)40(49)55-34-18-17-28-37-29-20-36(57-42(51)26-11-3-7-15-32(26)47)35(56-41(50)25-10-2-6-14-31(25)46)19-23(29)21-44(37,53)22-54-38(28)39(34)58-43(52)27-12-4-8-16-33(27)48/h2-21,38,53H,22-23H2,1H3;1-20,37,53H,21-22H2/t38-,45+;37-,44+/m00/s1. The number of carbonyl (C=O) groups excluding carboxylic acids is 8. The lowest BCUT2D eigenvalue weighted by Crippen LogP contribution is -2.44. The Hall–Kier alpha value is -14.6. The fourth-order valence-corrected chi connectivity index (χ4v) is 13.8. The zero-order valence-corrected chi connectivity index (χ0v) is 60.0. The van der Waals surface area contributed by atoms with Gasteiger partial charge in [-0.3, -0.25) is 0 Å². The van der Waals surface area contributed by atoms with Crippen molar-refractivity contribution in [2.24, 2.45) is 0 Å². The van der Waals surface area contributed by atoms with Crippen molar-refractivity contribution in [3.05, 3.63) is 367 Å². The average molecular weight is 1580 g/mol. The number of aryl methyl sites for hydroxylation is 1. The molecule has 20 nitrogen and oxygen atoms in total. The highest BCUT2D eigenvalue weighted by atomic mass is 19.2. The summed E-state index contributed by atoms with van der Waals surface area (Å²) in [5.74, 6) is -18.6. The molecule has 0 fully saturated rings. The maximum absolute atomic E-state index is 14.7. The number of hydrogen-bond acceptors (Lipinski definition) is 20. The van der Waals surface area contributed by atoms with E-state index in [-0.39, 0.29) is 98.6 Å². The maximum atomic E-state index is 14.7. The summed E-state index contributed by atoms with van der Waals surface area (Å²) in [5, 5.41) is 24.3. The van der Waals surface area contributed by atoms with Gasteiger partial charge in [0, 0.05) is 35.8 Å². The third kappa shape index (κ3) is 15.5. The molecule has 580 valence electrons.